The van der Waals surface area contributed by atoms with Crippen molar-refractivity contribution in [2.75, 3.05) is 4.41 Å². The van der Waals surface area contributed by atoms with Crippen LogP contribution in [0.4, 0.5) is 5.69 Å². The van der Waals surface area contributed by atoms with Gasteiger partial charge in [0.2, 0.25) is 0 Å². The van der Waals surface area contributed by atoms with Crippen LogP contribution in [-0.4, -0.2) is 11.3 Å². The van der Waals surface area contributed by atoms with Crippen LogP contribution in [0.5, 0.6) is 5.75 Å². The van der Waals surface area contributed by atoms with Crippen LogP contribution in [0.2, 0.25) is 0 Å². The fourth-order valence-electron chi connectivity index (χ4n) is 1.64. The molecule has 17 heavy (non-hydrogen) atoms. The van der Waals surface area contributed by atoms with Gasteiger partial charge in [0, 0.05) is 22.4 Å². The first-order valence-corrected chi connectivity index (χ1v) is 6.01. The van der Waals surface area contributed by atoms with E-state index in [0.717, 1.165) is 10.5 Å². The predicted octanol–water partition coefficient (Wildman–Crippen LogP) is 3.25. The summed E-state index contributed by atoms with van der Waals surface area (Å²) >= 11 is 1.50. The van der Waals surface area contributed by atoms with Gasteiger partial charge < -0.3 is 5.11 Å². The molecule has 1 aliphatic heterocycles. The summed E-state index contributed by atoms with van der Waals surface area (Å²) in [5, 5.41) is 14.1. The molecule has 4 heteroatoms. The van der Waals surface area contributed by atoms with Crippen LogP contribution >= 0.6 is 11.9 Å². The lowest BCUT2D eigenvalue weighted by atomic mass is 10.2. The Bertz CT molecular complexity index is 583. The van der Waals surface area contributed by atoms with Crippen LogP contribution in [0, 0.1) is 0 Å². The van der Waals surface area contributed by atoms with Crippen molar-refractivity contribution in [3.05, 3.63) is 54.1 Å². The van der Waals surface area contributed by atoms with Crippen molar-refractivity contribution in [3.8, 4) is 5.75 Å². The van der Waals surface area contributed by atoms with E-state index in [9.17, 15) is 5.11 Å². The van der Waals surface area contributed by atoms with E-state index in [0.29, 0.717) is 5.69 Å². The van der Waals surface area contributed by atoms with E-state index in [1.54, 1.807) is 22.8 Å². The summed E-state index contributed by atoms with van der Waals surface area (Å²) in [5.74, 6) is 0.233. The Balaban J connectivity index is 1.98. The monoisotopic (exact) mass is 242 g/mol. The molecule has 0 unspecified atom stereocenters. The van der Waals surface area contributed by atoms with Gasteiger partial charge in [-0.3, -0.25) is 0 Å². The van der Waals surface area contributed by atoms with Gasteiger partial charge in [-0.05, 0) is 18.2 Å². The molecule has 1 aliphatic rings. The number of rotatable bonds is 1. The van der Waals surface area contributed by atoms with Crippen LogP contribution < -0.4 is 4.41 Å². The number of fused-ring (bicyclic) bond motifs is 1. The maximum atomic E-state index is 9.78. The lowest BCUT2D eigenvalue weighted by Crippen LogP contribution is -2.11. The van der Waals surface area contributed by atoms with Crippen molar-refractivity contribution in [3.63, 3.8) is 0 Å². The molecule has 2 aromatic rings. The van der Waals surface area contributed by atoms with Crippen molar-refractivity contribution >= 4 is 23.8 Å². The van der Waals surface area contributed by atoms with Gasteiger partial charge in [0.25, 0.3) is 0 Å². The molecule has 0 spiro atoms. The summed E-state index contributed by atoms with van der Waals surface area (Å²) in [7, 11) is 0. The van der Waals surface area contributed by atoms with Crippen molar-refractivity contribution in [1.82, 2.24) is 0 Å². The van der Waals surface area contributed by atoms with Gasteiger partial charge >= 0.3 is 0 Å². The average molecular weight is 242 g/mol. The number of phenols is 1. The Morgan fingerprint density at radius 3 is 2.65 bits per heavy atom. The summed E-state index contributed by atoms with van der Waals surface area (Å²) in [5.41, 5.74) is 1.80. The maximum Gasteiger partial charge on any atom is 0.141 e. The molecule has 3 rings (SSSR count). The molecule has 0 aliphatic carbocycles. The smallest absolute Gasteiger partial charge is 0.141 e. The van der Waals surface area contributed by atoms with Crippen LogP contribution in [0.25, 0.3) is 0 Å². The maximum absolute atomic E-state index is 9.78. The Kier molecular flexibility index (Phi) is 2.49. The largest absolute Gasteiger partial charge is 0.506 e. The molecule has 2 aromatic carbocycles. The molecule has 0 saturated carbocycles. The number of para-hydroxylation sites is 2. The Labute approximate surface area is 104 Å². The van der Waals surface area contributed by atoms with Gasteiger partial charge in [0.1, 0.15) is 11.4 Å². The van der Waals surface area contributed by atoms with E-state index in [1.165, 1.54) is 11.9 Å². The van der Waals surface area contributed by atoms with Gasteiger partial charge in [-0.25, -0.2) is 0 Å². The zero-order chi connectivity index (χ0) is 11.7. The van der Waals surface area contributed by atoms with E-state index in [1.807, 2.05) is 36.4 Å². The summed E-state index contributed by atoms with van der Waals surface area (Å²) in [6.07, 6.45) is 1.80. The standard InChI is InChI=1S/C13H10N2OS/c16-12-7-3-2-6-11(12)15-14-9-10-5-1-4-8-13(10)17-15/h1-9,16H. The minimum Gasteiger partial charge on any atom is -0.506 e. The third kappa shape index (κ3) is 1.87. The molecule has 0 radical (unpaired) electrons. The molecule has 0 saturated heterocycles. The van der Waals surface area contributed by atoms with Crippen molar-refractivity contribution in [1.29, 1.82) is 0 Å². The molecule has 3 nitrogen and oxygen atoms in total. The second kappa shape index (κ2) is 4.14. The van der Waals surface area contributed by atoms with Crippen LogP contribution in [0.3, 0.4) is 0 Å². The number of hydrogen-bond acceptors (Lipinski definition) is 4. The highest BCUT2D eigenvalue weighted by Gasteiger charge is 2.16. The highest BCUT2D eigenvalue weighted by Crippen LogP contribution is 2.37. The van der Waals surface area contributed by atoms with Gasteiger partial charge in [0.15, 0.2) is 0 Å². The molecule has 0 bridgehead atoms. The Morgan fingerprint density at radius 2 is 1.76 bits per heavy atom. The molecule has 0 fully saturated rings. The van der Waals surface area contributed by atoms with Gasteiger partial charge in [-0.15, -0.1) is 0 Å². The number of aromatic hydroxyl groups is 1. The minimum atomic E-state index is 0.233. The molecule has 84 valence electrons. The number of phenolic OH excluding ortho intramolecular Hbond substituents is 1. The van der Waals surface area contributed by atoms with E-state index < -0.39 is 0 Å². The van der Waals surface area contributed by atoms with E-state index in [2.05, 4.69) is 5.10 Å². The van der Waals surface area contributed by atoms with Gasteiger partial charge in [-0.1, -0.05) is 30.3 Å². The fraction of sp³-hybridized carbons (Fsp3) is 0. The average Bonchev–Trinajstić information content (AvgIpc) is 2.39. The third-order valence-corrected chi connectivity index (χ3v) is 3.53. The van der Waals surface area contributed by atoms with Crippen molar-refractivity contribution in [2.24, 2.45) is 5.10 Å². The number of anilines is 1. The van der Waals surface area contributed by atoms with Crippen LogP contribution in [-0.2, 0) is 0 Å². The first-order chi connectivity index (χ1) is 8.34. The van der Waals surface area contributed by atoms with Crippen molar-refractivity contribution in [2.45, 2.75) is 4.90 Å². The molecular weight excluding hydrogens is 232 g/mol. The molecule has 0 amide bonds. The number of nitrogens with zero attached hydrogens (tertiary/aromatic N) is 2. The predicted molar refractivity (Wildman–Crippen MR) is 70.5 cm³/mol. The topological polar surface area (TPSA) is 35.8 Å². The van der Waals surface area contributed by atoms with E-state index in [4.69, 9.17) is 0 Å². The highest BCUT2D eigenvalue weighted by atomic mass is 32.2. The fourth-order valence-corrected chi connectivity index (χ4v) is 2.54. The second-order valence-electron chi connectivity index (χ2n) is 3.64. The summed E-state index contributed by atoms with van der Waals surface area (Å²) < 4.78 is 1.72. The summed E-state index contributed by atoms with van der Waals surface area (Å²) in [4.78, 5) is 1.13. The number of hydrogen-bond donors (Lipinski definition) is 1. The highest BCUT2D eigenvalue weighted by molar-refractivity contribution is 8.00. The second-order valence-corrected chi connectivity index (χ2v) is 4.60. The Morgan fingerprint density at radius 1 is 1.00 bits per heavy atom. The summed E-state index contributed by atoms with van der Waals surface area (Å²) in [6.45, 7) is 0. The van der Waals surface area contributed by atoms with E-state index >= 15 is 0 Å². The van der Waals surface area contributed by atoms with Crippen LogP contribution in [0.15, 0.2) is 58.5 Å². The zero-order valence-electron chi connectivity index (χ0n) is 8.95. The number of hydrazone groups is 1. The first-order valence-electron chi connectivity index (χ1n) is 5.24. The molecular formula is C13H10N2OS. The molecule has 1 heterocycles. The molecule has 0 aromatic heterocycles. The Hall–Kier alpha value is -1.94. The van der Waals surface area contributed by atoms with Crippen molar-refractivity contribution < 1.29 is 5.11 Å². The lowest BCUT2D eigenvalue weighted by Gasteiger charge is -2.22. The van der Waals surface area contributed by atoms with E-state index in [-0.39, 0.29) is 5.75 Å². The molecule has 0 atom stereocenters. The minimum absolute atomic E-state index is 0.233. The third-order valence-electron chi connectivity index (χ3n) is 2.49. The molecule has 1 N–H and O–H groups in total. The first kappa shape index (κ1) is 10.2. The number of benzene rings is 2. The van der Waals surface area contributed by atoms with Gasteiger partial charge in [0.05, 0.1) is 6.21 Å². The normalized spacial score (nSPS) is 13.5. The summed E-state index contributed by atoms with van der Waals surface area (Å²) in [6, 6.07) is 15.2. The van der Waals surface area contributed by atoms with Crippen LogP contribution in [0.1, 0.15) is 5.56 Å². The lowest BCUT2D eigenvalue weighted by molar-refractivity contribution is 0.476. The quantitative estimate of drug-likeness (QED) is 0.780. The SMILES string of the molecule is Oc1ccccc1N1N=Cc2ccccc2S1. The van der Waals surface area contributed by atoms with Gasteiger partial charge in [-0.2, -0.15) is 9.52 Å². The zero-order valence-corrected chi connectivity index (χ0v) is 9.76.